The predicted molar refractivity (Wildman–Crippen MR) is 94.0 cm³/mol. The van der Waals surface area contributed by atoms with E-state index in [2.05, 4.69) is 5.32 Å². The Morgan fingerprint density at radius 3 is 2.75 bits per heavy atom. The maximum absolute atomic E-state index is 12.6. The number of amides is 1. The van der Waals surface area contributed by atoms with Crippen LogP contribution in [0.25, 0.3) is 10.8 Å². The van der Waals surface area contributed by atoms with E-state index in [1.807, 2.05) is 54.3 Å². The van der Waals surface area contributed by atoms with Crippen LogP contribution in [-0.2, 0) is 9.59 Å². The van der Waals surface area contributed by atoms with Crippen LogP contribution in [0.2, 0.25) is 0 Å². The van der Waals surface area contributed by atoms with Gasteiger partial charge in [0.05, 0.1) is 12.0 Å². The number of hydrogen-bond acceptors (Lipinski definition) is 3. The normalized spacial score (nSPS) is 19.8. The quantitative estimate of drug-likeness (QED) is 0.906. The van der Waals surface area contributed by atoms with Crippen molar-refractivity contribution in [3.63, 3.8) is 0 Å². The second kappa shape index (κ2) is 7.01. The van der Waals surface area contributed by atoms with Crippen LogP contribution in [0.1, 0.15) is 19.8 Å². The molecule has 1 saturated heterocycles. The van der Waals surface area contributed by atoms with Crippen LogP contribution < -0.4 is 5.32 Å². The summed E-state index contributed by atoms with van der Waals surface area (Å²) in [5.41, 5.74) is 0.789. The molecule has 0 radical (unpaired) electrons. The molecular weight excluding hydrogens is 304 g/mol. The molecule has 1 amide bonds. The molecule has 2 atom stereocenters. The Balaban J connectivity index is 1.73. The van der Waals surface area contributed by atoms with Crippen molar-refractivity contribution in [1.29, 1.82) is 0 Å². The standard InChI is InChI=1S/C19H22N2O3/c1-13(21-11-5-8-15(12-21)19(23)24)18(22)20-17-10-4-7-14-6-2-3-9-16(14)17/h2-4,6-7,9-10,13,15H,5,8,11-12H2,1H3,(H,20,22)(H,23,24). The highest BCUT2D eigenvalue weighted by atomic mass is 16.4. The molecule has 1 fully saturated rings. The summed E-state index contributed by atoms with van der Waals surface area (Å²) in [5.74, 6) is -1.26. The second-order valence-electron chi connectivity index (χ2n) is 6.36. The Labute approximate surface area is 141 Å². The van der Waals surface area contributed by atoms with E-state index in [4.69, 9.17) is 0 Å². The van der Waals surface area contributed by atoms with Gasteiger partial charge in [-0.05, 0) is 37.8 Å². The van der Waals surface area contributed by atoms with Gasteiger partial charge in [-0.1, -0.05) is 36.4 Å². The van der Waals surface area contributed by atoms with Crippen molar-refractivity contribution in [2.24, 2.45) is 5.92 Å². The average Bonchev–Trinajstić information content (AvgIpc) is 2.61. The van der Waals surface area contributed by atoms with Gasteiger partial charge in [-0.2, -0.15) is 0 Å². The Hall–Kier alpha value is -2.40. The van der Waals surface area contributed by atoms with Crippen LogP contribution in [0.5, 0.6) is 0 Å². The van der Waals surface area contributed by atoms with E-state index in [0.717, 1.165) is 29.4 Å². The van der Waals surface area contributed by atoms with Gasteiger partial charge in [0.2, 0.25) is 5.91 Å². The third-order valence-corrected chi connectivity index (χ3v) is 4.78. The molecule has 24 heavy (non-hydrogen) atoms. The van der Waals surface area contributed by atoms with E-state index in [1.54, 1.807) is 0 Å². The Kier molecular flexibility index (Phi) is 4.81. The number of piperidine rings is 1. The van der Waals surface area contributed by atoms with Crippen molar-refractivity contribution in [2.45, 2.75) is 25.8 Å². The summed E-state index contributed by atoms with van der Waals surface area (Å²) in [4.78, 5) is 25.8. The minimum Gasteiger partial charge on any atom is -0.481 e. The molecule has 2 unspecified atom stereocenters. The fraction of sp³-hybridized carbons (Fsp3) is 0.368. The van der Waals surface area contributed by atoms with E-state index in [1.165, 1.54) is 0 Å². The zero-order valence-electron chi connectivity index (χ0n) is 13.7. The van der Waals surface area contributed by atoms with E-state index >= 15 is 0 Å². The number of rotatable bonds is 4. The van der Waals surface area contributed by atoms with E-state index in [-0.39, 0.29) is 17.9 Å². The molecule has 3 rings (SSSR count). The zero-order valence-corrected chi connectivity index (χ0v) is 13.7. The van der Waals surface area contributed by atoms with Gasteiger partial charge < -0.3 is 10.4 Å². The van der Waals surface area contributed by atoms with E-state index in [9.17, 15) is 14.7 Å². The molecule has 0 aliphatic carbocycles. The molecule has 2 N–H and O–H groups in total. The minimum absolute atomic E-state index is 0.0996. The number of likely N-dealkylation sites (tertiary alicyclic amines) is 1. The lowest BCUT2D eigenvalue weighted by Gasteiger charge is -2.34. The highest BCUT2D eigenvalue weighted by Crippen LogP contribution is 2.24. The van der Waals surface area contributed by atoms with Crippen molar-refractivity contribution in [3.8, 4) is 0 Å². The van der Waals surface area contributed by atoms with Crippen LogP contribution in [0, 0.1) is 5.92 Å². The Morgan fingerprint density at radius 2 is 1.96 bits per heavy atom. The number of carboxylic acids is 1. The molecule has 0 saturated carbocycles. The van der Waals surface area contributed by atoms with Crippen molar-refractivity contribution in [2.75, 3.05) is 18.4 Å². The molecule has 0 spiro atoms. The number of nitrogens with one attached hydrogen (secondary N) is 1. The predicted octanol–water partition coefficient (Wildman–Crippen LogP) is 2.96. The topological polar surface area (TPSA) is 69.6 Å². The lowest BCUT2D eigenvalue weighted by molar-refractivity contribution is -0.144. The van der Waals surface area contributed by atoms with Gasteiger partial charge >= 0.3 is 5.97 Å². The van der Waals surface area contributed by atoms with Crippen LogP contribution in [0.4, 0.5) is 5.69 Å². The van der Waals surface area contributed by atoms with Gasteiger partial charge in [-0.25, -0.2) is 0 Å². The number of fused-ring (bicyclic) bond motifs is 1. The van der Waals surface area contributed by atoms with Gasteiger partial charge in [0.1, 0.15) is 0 Å². The minimum atomic E-state index is -0.777. The summed E-state index contributed by atoms with van der Waals surface area (Å²) in [6.07, 6.45) is 1.49. The monoisotopic (exact) mass is 326 g/mol. The maximum Gasteiger partial charge on any atom is 0.307 e. The van der Waals surface area contributed by atoms with Gasteiger partial charge in [0.15, 0.2) is 0 Å². The average molecular weight is 326 g/mol. The lowest BCUT2D eigenvalue weighted by atomic mass is 9.97. The van der Waals surface area contributed by atoms with Crippen LogP contribution in [0.15, 0.2) is 42.5 Å². The molecule has 1 aliphatic rings. The van der Waals surface area contributed by atoms with Crippen molar-refractivity contribution in [1.82, 2.24) is 4.90 Å². The molecule has 1 heterocycles. The van der Waals surface area contributed by atoms with E-state index in [0.29, 0.717) is 13.0 Å². The number of nitrogens with zero attached hydrogens (tertiary/aromatic N) is 1. The van der Waals surface area contributed by atoms with Crippen LogP contribution >= 0.6 is 0 Å². The summed E-state index contributed by atoms with van der Waals surface area (Å²) in [5, 5.41) is 14.3. The van der Waals surface area contributed by atoms with Crippen LogP contribution in [-0.4, -0.2) is 41.0 Å². The number of anilines is 1. The molecule has 1 aliphatic heterocycles. The smallest absolute Gasteiger partial charge is 0.307 e. The summed E-state index contributed by atoms with van der Waals surface area (Å²) < 4.78 is 0. The van der Waals surface area contributed by atoms with Gasteiger partial charge in [-0.15, -0.1) is 0 Å². The summed E-state index contributed by atoms with van der Waals surface area (Å²) in [6.45, 7) is 3.03. The third kappa shape index (κ3) is 3.41. The first-order valence-corrected chi connectivity index (χ1v) is 8.32. The zero-order chi connectivity index (χ0) is 17.1. The number of aliphatic carboxylic acids is 1. The van der Waals surface area contributed by atoms with Gasteiger partial charge in [0, 0.05) is 17.6 Å². The fourth-order valence-corrected chi connectivity index (χ4v) is 3.30. The third-order valence-electron chi connectivity index (χ3n) is 4.78. The van der Waals surface area contributed by atoms with Gasteiger partial charge in [-0.3, -0.25) is 14.5 Å². The fourth-order valence-electron chi connectivity index (χ4n) is 3.30. The number of carbonyl (C=O) groups excluding carboxylic acids is 1. The first-order chi connectivity index (χ1) is 11.6. The maximum atomic E-state index is 12.6. The number of carbonyl (C=O) groups is 2. The van der Waals surface area contributed by atoms with Crippen molar-refractivity contribution < 1.29 is 14.7 Å². The molecule has 5 heteroatoms. The lowest BCUT2D eigenvalue weighted by Crippen LogP contribution is -2.48. The first kappa shape index (κ1) is 16.5. The Morgan fingerprint density at radius 1 is 1.21 bits per heavy atom. The molecule has 2 aromatic rings. The number of benzene rings is 2. The number of hydrogen-bond donors (Lipinski definition) is 2. The highest BCUT2D eigenvalue weighted by Gasteiger charge is 2.30. The molecular formula is C19H22N2O3. The summed E-state index contributed by atoms with van der Waals surface area (Å²) in [7, 11) is 0. The van der Waals surface area contributed by atoms with Crippen LogP contribution in [0.3, 0.4) is 0 Å². The van der Waals surface area contributed by atoms with E-state index < -0.39 is 5.97 Å². The summed E-state index contributed by atoms with van der Waals surface area (Å²) >= 11 is 0. The van der Waals surface area contributed by atoms with Gasteiger partial charge in [0.25, 0.3) is 0 Å². The molecule has 0 aromatic heterocycles. The van der Waals surface area contributed by atoms with Crippen molar-refractivity contribution >= 4 is 28.3 Å². The second-order valence-corrected chi connectivity index (χ2v) is 6.36. The molecule has 126 valence electrons. The SMILES string of the molecule is CC(C(=O)Nc1cccc2ccccc12)N1CCCC(C(=O)O)C1. The van der Waals surface area contributed by atoms with Crippen molar-refractivity contribution in [3.05, 3.63) is 42.5 Å². The molecule has 2 aromatic carbocycles. The number of carboxylic acid groups (broad SMARTS) is 1. The highest BCUT2D eigenvalue weighted by molar-refractivity contribution is 6.03. The Bertz CT molecular complexity index is 754. The first-order valence-electron chi connectivity index (χ1n) is 8.32. The molecule has 0 bridgehead atoms. The largest absolute Gasteiger partial charge is 0.481 e. The molecule has 5 nitrogen and oxygen atoms in total. The summed E-state index contributed by atoms with van der Waals surface area (Å²) in [6, 6.07) is 13.4.